The third-order valence-corrected chi connectivity index (χ3v) is 3.76. The Morgan fingerprint density at radius 2 is 1.54 bits per heavy atom. The number of hydrogen-bond donors (Lipinski definition) is 3. The van der Waals surface area contributed by atoms with Gasteiger partial charge in [0.05, 0.1) is 0 Å². The average molecular weight is 325 g/mol. The van der Waals surface area contributed by atoms with Crippen molar-refractivity contribution in [1.29, 1.82) is 0 Å². The van der Waals surface area contributed by atoms with Gasteiger partial charge in [-0.15, -0.1) is 0 Å². The fourth-order valence-corrected chi connectivity index (χ4v) is 2.55. The van der Waals surface area contributed by atoms with Gasteiger partial charge in [0, 0.05) is 23.1 Å². The molecule has 0 bridgehead atoms. The van der Waals surface area contributed by atoms with Gasteiger partial charge in [-0.05, 0) is 62.1 Å². The number of carbonyl (C=O) groups is 1. The largest absolute Gasteiger partial charge is 0.355 e. The molecule has 2 aromatic rings. The molecular formula is C20H27N3O. The monoisotopic (exact) mass is 325 g/mol. The lowest BCUT2D eigenvalue weighted by Crippen LogP contribution is -2.34. The molecule has 0 saturated heterocycles. The summed E-state index contributed by atoms with van der Waals surface area (Å²) in [4.78, 5) is 11.7. The SMILES string of the molecule is Cc1cccc(C(C)C)c1Nc1ccc(NC(=O)NC(C)C)cc1. The summed E-state index contributed by atoms with van der Waals surface area (Å²) in [5.74, 6) is 0.452. The van der Waals surface area contributed by atoms with Gasteiger partial charge in [-0.3, -0.25) is 0 Å². The van der Waals surface area contributed by atoms with Crippen molar-refractivity contribution in [2.24, 2.45) is 0 Å². The van der Waals surface area contributed by atoms with E-state index in [4.69, 9.17) is 0 Å². The third-order valence-electron chi connectivity index (χ3n) is 3.76. The van der Waals surface area contributed by atoms with Crippen molar-refractivity contribution in [3.63, 3.8) is 0 Å². The fourth-order valence-electron chi connectivity index (χ4n) is 2.55. The van der Waals surface area contributed by atoms with E-state index in [1.165, 1.54) is 11.1 Å². The smallest absolute Gasteiger partial charge is 0.319 e. The maximum absolute atomic E-state index is 11.7. The molecular weight excluding hydrogens is 298 g/mol. The zero-order valence-electron chi connectivity index (χ0n) is 15.1. The van der Waals surface area contributed by atoms with Crippen LogP contribution in [0.5, 0.6) is 0 Å². The number of aryl methyl sites for hydroxylation is 1. The normalized spacial score (nSPS) is 10.8. The van der Waals surface area contributed by atoms with Gasteiger partial charge >= 0.3 is 6.03 Å². The zero-order chi connectivity index (χ0) is 17.7. The second-order valence-corrected chi connectivity index (χ2v) is 6.65. The lowest BCUT2D eigenvalue weighted by Gasteiger charge is -2.17. The lowest BCUT2D eigenvalue weighted by atomic mass is 9.98. The minimum Gasteiger partial charge on any atom is -0.355 e. The number of urea groups is 1. The Labute approximate surface area is 144 Å². The van der Waals surface area contributed by atoms with Crippen LogP contribution in [0.1, 0.15) is 44.7 Å². The number of hydrogen-bond acceptors (Lipinski definition) is 2. The van der Waals surface area contributed by atoms with E-state index < -0.39 is 0 Å². The lowest BCUT2D eigenvalue weighted by molar-refractivity contribution is 0.250. The van der Waals surface area contributed by atoms with E-state index >= 15 is 0 Å². The van der Waals surface area contributed by atoms with E-state index in [0.717, 1.165) is 17.1 Å². The first-order chi connectivity index (χ1) is 11.4. The summed E-state index contributed by atoms with van der Waals surface area (Å²) in [6.45, 7) is 10.4. The number of carbonyl (C=O) groups excluding carboxylic acids is 1. The highest BCUT2D eigenvalue weighted by Gasteiger charge is 2.09. The number of anilines is 3. The minimum atomic E-state index is -0.188. The summed E-state index contributed by atoms with van der Waals surface area (Å²) < 4.78 is 0. The Morgan fingerprint density at radius 1 is 0.917 bits per heavy atom. The molecule has 0 unspecified atom stereocenters. The van der Waals surface area contributed by atoms with E-state index in [0.29, 0.717) is 5.92 Å². The molecule has 0 aliphatic rings. The topological polar surface area (TPSA) is 53.2 Å². The van der Waals surface area contributed by atoms with Crippen LogP contribution >= 0.6 is 0 Å². The van der Waals surface area contributed by atoms with Gasteiger partial charge in [0.15, 0.2) is 0 Å². The van der Waals surface area contributed by atoms with Crippen LogP contribution in [0.2, 0.25) is 0 Å². The molecule has 0 aliphatic heterocycles. The molecule has 0 spiro atoms. The van der Waals surface area contributed by atoms with Crippen molar-refractivity contribution in [2.75, 3.05) is 10.6 Å². The molecule has 0 aliphatic carbocycles. The standard InChI is InChI=1S/C20H27N3O/c1-13(2)18-8-6-7-15(5)19(18)22-16-9-11-17(12-10-16)23-20(24)21-14(3)4/h6-14,22H,1-5H3,(H2,21,23,24). The number of benzene rings is 2. The summed E-state index contributed by atoms with van der Waals surface area (Å²) in [5, 5.41) is 9.14. The van der Waals surface area contributed by atoms with E-state index in [2.05, 4.69) is 54.9 Å². The molecule has 2 amide bonds. The summed E-state index contributed by atoms with van der Waals surface area (Å²) in [6.07, 6.45) is 0. The molecule has 4 heteroatoms. The molecule has 0 aromatic heterocycles. The maximum atomic E-state index is 11.7. The molecule has 0 radical (unpaired) electrons. The molecule has 0 fully saturated rings. The summed E-state index contributed by atoms with van der Waals surface area (Å²) in [5.41, 5.74) is 5.45. The highest BCUT2D eigenvalue weighted by atomic mass is 16.2. The van der Waals surface area contributed by atoms with Gasteiger partial charge in [-0.1, -0.05) is 32.0 Å². The molecule has 0 saturated carbocycles. The van der Waals surface area contributed by atoms with Gasteiger partial charge in [-0.25, -0.2) is 4.79 Å². The van der Waals surface area contributed by atoms with E-state index in [-0.39, 0.29) is 12.1 Å². The van der Waals surface area contributed by atoms with Crippen LogP contribution in [0.4, 0.5) is 21.9 Å². The van der Waals surface area contributed by atoms with E-state index in [9.17, 15) is 4.79 Å². The van der Waals surface area contributed by atoms with Gasteiger partial charge in [0.25, 0.3) is 0 Å². The third kappa shape index (κ3) is 4.75. The highest BCUT2D eigenvalue weighted by molar-refractivity contribution is 5.89. The van der Waals surface area contributed by atoms with Crippen LogP contribution < -0.4 is 16.0 Å². The van der Waals surface area contributed by atoms with Gasteiger partial charge < -0.3 is 16.0 Å². The molecule has 2 aromatic carbocycles. The zero-order valence-corrected chi connectivity index (χ0v) is 15.1. The van der Waals surface area contributed by atoms with Gasteiger partial charge in [0.2, 0.25) is 0 Å². The van der Waals surface area contributed by atoms with Crippen LogP contribution in [0, 0.1) is 6.92 Å². The van der Waals surface area contributed by atoms with Gasteiger partial charge in [0.1, 0.15) is 0 Å². The van der Waals surface area contributed by atoms with Crippen LogP contribution in [-0.4, -0.2) is 12.1 Å². The Bertz CT molecular complexity index is 691. The predicted octanol–water partition coefficient (Wildman–Crippen LogP) is 5.39. The molecule has 4 nitrogen and oxygen atoms in total. The minimum absolute atomic E-state index is 0.112. The second kappa shape index (κ2) is 7.86. The fraction of sp³-hybridized carbons (Fsp3) is 0.350. The maximum Gasteiger partial charge on any atom is 0.319 e. The van der Waals surface area contributed by atoms with E-state index in [1.807, 2.05) is 38.1 Å². The van der Waals surface area contributed by atoms with E-state index in [1.54, 1.807) is 0 Å². The second-order valence-electron chi connectivity index (χ2n) is 6.65. The molecule has 0 atom stereocenters. The van der Waals surface area contributed by atoms with Crippen molar-refractivity contribution in [2.45, 2.75) is 46.6 Å². The Balaban J connectivity index is 2.11. The quantitative estimate of drug-likeness (QED) is 0.690. The summed E-state index contributed by atoms with van der Waals surface area (Å²) >= 11 is 0. The average Bonchev–Trinajstić information content (AvgIpc) is 2.50. The van der Waals surface area contributed by atoms with Crippen LogP contribution in [-0.2, 0) is 0 Å². The molecule has 24 heavy (non-hydrogen) atoms. The molecule has 128 valence electrons. The Hall–Kier alpha value is -2.49. The van der Waals surface area contributed by atoms with Crippen molar-refractivity contribution < 1.29 is 4.79 Å². The number of rotatable bonds is 5. The first-order valence-electron chi connectivity index (χ1n) is 8.41. The van der Waals surface area contributed by atoms with Crippen LogP contribution in [0.15, 0.2) is 42.5 Å². The van der Waals surface area contributed by atoms with Crippen molar-refractivity contribution in [3.05, 3.63) is 53.6 Å². The first kappa shape index (κ1) is 17.9. The Kier molecular flexibility index (Phi) is 5.85. The predicted molar refractivity (Wildman–Crippen MR) is 102 cm³/mol. The summed E-state index contributed by atoms with van der Waals surface area (Å²) in [6, 6.07) is 14.0. The summed E-state index contributed by atoms with van der Waals surface area (Å²) in [7, 11) is 0. The van der Waals surface area contributed by atoms with Gasteiger partial charge in [-0.2, -0.15) is 0 Å². The molecule has 2 rings (SSSR count). The first-order valence-corrected chi connectivity index (χ1v) is 8.41. The molecule has 0 heterocycles. The number of para-hydroxylation sites is 1. The number of amides is 2. The van der Waals surface area contributed by atoms with Crippen LogP contribution in [0.3, 0.4) is 0 Å². The van der Waals surface area contributed by atoms with Crippen molar-refractivity contribution in [1.82, 2.24) is 5.32 Å². The number of nitrogens with one attached hydrogen (secondary N) is 3. The molecule has 3 N–H and O–H groups in total. The Morgan fingerprint density at radius 3 is 2.12 bits per heavy atom. The van der Waals surface area contributed by atoms with Crippen molar-refractivity contribution >= 4 is 23.1 Å². The highest BCUT2D eigenvalue weighted by Crippen LogP contribution is 2.30. The van der Waals surface area contributed by atoms with Crippen molar-refractivity contribution in [3.8, 4) is 0 Å². The van der Waals surface area contributed by atoms with Crippen LogP contribution in [0.25, 0.3) is 0 Å².